The molecule has 2 aliphatic rings. The van der Waals surface area contributed by atoms with Crippen LogP contribution in [-0.4, -0.2) is 203 Å². The van der Waals surface area contributed by atoms with Gasteiger partial charge in [-0.1, -0.05) is 64.1 Å². The minimum absolute atomic E-state index is 0.0482. The van der Waals surface area contributed by atoms with Gasteiger partial charge in [0.25, 0.3) is 5.97 Å². The first-order valence-corrected chi connectivity index (χ1v) is 30.4. The third kappa shape index (κ3) is 28.2. The molecule has 33 nitrogen and oxygen atoms in total. The van der Waals surface area contributed by atoms with Crippen LogP contribution >= 0.6 is 21.6 Å². The predicted octanol–water partition coefficient (Wildman–Crippen LogP) is -6.89. The summed E-state index contributed by atoms with van der Waals surface area (Å²) in [6.45, 7) is -0.932. The van der Waals surface area contributed by atoms with Crippen molar-refractivity contribution in [1.82, 2.24) is 58.1 Å². The standard InChI is InChI=1S/C52H74N16O15S2.C2H4O2/c53-17-5-4-9-31(45(76)60-23-41(57)72)63-51(82)38-10-6-18-68(38)52(83)37-27-85-84-26-36(62-44(75)25-59-43(74)24-58-42(73)22-54)50(81)64-34(20-29-11-13-30(69)14-12-29)49(80)67-48(79)33(19-28-7-2-1-3-8-28)61-32(15-16-39(55)70)46(77)65-35(21-40(56)71)47(78)66-37;1-2(3)4/h1-3,7-8,11-14,31-38,61,69H,4-6,9-10,15-27,53-54H2,(H2,55,70)(H2,56,71)(H2,57,72)(H,58,73)(H,59,74)(H,60,76)(H,62,75)(H,63,82)(H,64,81)(H,65,77)(H,66,78)(H,67,79,80);1H3,(H,3,4)/t31-,32-,33-,34-,35-,36-,37-,38-;/m0./s1. The monoisotopic (exact) mass is 1290 g/mol. The van der Waals surface area contributed by atoms with E-state index >= 15 is 0 Å². The number of amides is 14. The molecule has 8 atom stereocenters. The number of carbonyl (C=O) groups is 15. The van der Waals surface area contributed by atoms with Gasteiger partial charge in [0.15, 0.2) is 0 Å². The minimum Gasteiger partial charge on any atom is -0.508 e. The second-order valence-corrected chi connectivity index (χ2v) is 22.8. The van der Waals surface area contributed by atoms with Crippen LogP contribution in [0, 0.1) is 0 Å². The summed E-state index contributed by atoms with van der Waals surface area (Å²) in [4.78, 5) is 199. The van der Waals surface area contributed by atoms with Crippen molar-refractivity contribution in [1.29, 1.82) is 0 Å². The summed E-state index contributed by atoms with van der Waals surface area (Å²) in [5.41, 5.74) is 28.1. The van der Waals surface area contributed by atoms with Gasteiger partial charge >= 0.3 is 0 Å². The lowest BCUT2D eigenvalue weighted by Crippen LogP contribution is -2.61. The highest BCUT2D eigenvalue weighted by Gasteiger charge is 2.41. The molecule has 0 saturated carbocycles. The van der Waals surface area contributed by atoms with E-state index in [9.17, 15) is 72.2 Å². The molecule has 35 heteroatoms. The maximum absolute atomic E-state index is 14.9. The Morgan fingerprint density at radius 1 is 0.663 bits per heavy atom. The largest absolute Gasteiger partial charge is 0.508 e. The van der Waals surface area contributed by atoms with Gasteiger partial charge in [0.1, 0.15) is 42.0 Å². The molecule has 0 unspecified atom stereocenters. The number of imide groups is 1. The highest BCUT2D eigenvalue weighted by atomic mass is 33.1. The van der Waals surface area contributed by atoms with Crippen LogP contribution in [0.3, 0.4) is 0 Å². The number of carbonyl (C=O) groups excluding carboxylic acids is 14. The topological polar surface area (TPSA) is 550 Å². The number of aromatic hydroxyl groups is 1. The number of rotatable bonds is 25. The molecular formula is C54H78N16O17S2. The molecule has 2 aromatic rings. The van der Waals surface area contributed by atoms with Crippen LogP contribution in [0.5, 0.6) is 5.75 Å². The molecule has 4 rings (SSSR count). The van der Waals surface area contributed by atoms with Gasteiger partial charge in [-0.3, -0.25) is 82.6 Å². The second kappa shape index (κ2) is 39.1. The molecule has 0 spiro atoms. The molecule has 0 radical (unpaired) electrons. The van der Waals surface area contributed by atoms with E-state index in [0.717, 1.165) is 33.4 Å². The number of nitrogens with one attached hydrogen (secondary N) is 10. The molecule has 2 aliphatic heterocycles. The Labute approximate surface area is 518 Å². The summed E-state index contributed by atoms with van der Waals surface area (Å²) in [7, 11) is 1.72. The highest BCUT2D eigenvalue weighted by molar-refractivity contribution is 8.76. The first-order chi connectivity index (χ1) is 42.2. The number of hydrogen-bond donors (Lipinski definition) is 17. The molecule has 2 aromatic carbocycles. The fourth-order valence-electron chi connectivity index (χ4n) is 8.65. The minimum atomic E-state index is -1.85. The van der Waals surface area contributed by atoms with E-state index in [1.165, 1.54) is 24.3 Å². The number of carboxylic acid groups (broad SMARTS) is 1. The van der Waals surface area contributed by atoms with E-state index in [0.29, 0.717) is 24.0 Å². The van der Waals surface area contributed by atoms with Crippen LogP contribution in [-0.2, 0) is 84.8 Å². The maximum Gasteiger partial charge on any atom is 0.300 e. The molecule has 2 fully saturated rings. The number of aliphatic carboxylic acids is 1. The van der Waals surface area contributed by atoms with Crippen molar-refractivity contribution in [3.63, 3.8) is 0 Å². The van der Waals surface area contributed by atoms with E-state index in [1.54, 1.807) is 30.3 Å². The van der Waals surface area contributed by atoms with Crippen molar-refractivity contribution in [3.05, 3.63) is 65.7 Å². The van der Waals surface area contributed by atoms with Gasteiger partial charge in [-0.15, -0.1) is 0 Å². The van der Waals surface area contributed by atoms with Gasteiger partial charge < -0.3 is 86.3 Å². The lowest BCUT2D eigenvalue weighted by atomic mass is 10.0. The van der Waals surface area contributed by atoms with E-state index < -0.39 is 182 Å². The number of benzene rings is 2. The number of nitrogens with two attached hydrogens (primary N) is 5. The number of hydrogen-bond acceptors (Lipinski definition) is 21. The van der Waals surface area contributed by atoms with Crippen LogP contribution in [0.1, 0.15) is 69.4 Å². The molecule has 0 bridgehead atoms. The maximum atomic E-state index is 14.9. The van der Waals surface area contributed by atoms with Crippen molar-refractivity contribution >= 4 is 110 Å². The Morgan fingerprint density at radius 2 is 1.26 bits per heavy atom. The zero-order valence-electron chi connectivity index (χ0n) is 48.7. The van der Waals surface area contributed by atoms with Crippen LogP contribution in [0.4, 0.5) is 0 Å². The zero-order chi connectivity index (χ0) is 66.2. The van der Waals surface area contributed by atoms with Crippen LogP contribution in [0.2, 0.25) is 0 Å². The van der Waals surface area contributed by atoms with Crippen molar-refractivity contribution in [2.24, 2.45) is 28.7 Å². The molecule has 2 saturated heterocycles. The third-order valence-corrected chi connectivity index (χ3v) is 15.5. The smallest absolute Gasteiger partial charge is 0.300 e. The molecule has 0 aromatic heterocycles. The number of likely N-dealkylation sites (tertiary alicyclic amines) is 1. The normalized spacial score (nSPS) is 20.6. The Morgan fingerprint density at radius 3 is 1.89 bits per heavy atom. The Hall–Kier alpha value is -8.93. The first-order valence-electron chi connectivity index (χ1n) is 28.0. The van der Waals surface area contributed by atoms with Gasteiger partial charge in [-0.05, 0) is 74.8 Å². The quantitative estimate of drug-likeness (QED) is 0.0250. The summed E-state index contributed by atoms with van der Waals surface area (Å²) >= 11 is 0. The highest BCUT2D eigenvalue weighted by Crippen LogP contribution is 2.26. The van der Waals surface area contributed by atoms with Gasteiger partial charge in [-0.2, -0.15) is 0 Å². The second-order valence-electron chi connectivity index (χ2n) is 20.2. The van der Waals surface area contributed by atoms with E-state index in [-0.39, 0.29) is 62.4 Å². The third-order valence-electron chi connectivity index (χ3n) is 13.0. The fraction of sp³-hybridized carbons (Fsp3) is 0.500. The Kier molecular flexibility index (Phi) is 32.6. The molecule has 488 valence electrons. The summed E-state index contributed by atoms with van der Waals surface area (Å²) < 4.78 is 0. The molecule has 89 heavy (non-hydrogen) atoms. The van der Waals surface area contributed by atoms with Gasteiger partial charge in [0, 0.05) is 37.8 Å². The van der Waals surface area contributed by atoms with E-state index in [4.69, 9.17) is 38.6 Å². The molecule has 2 heterocycles. The Bertz CT molecular complexity index is 2840. The van der Waals surface area contributed by atoms with Gasteiger partial charge in [0.05, 0.1) is 44.7 Å². The van der Waals surface area contributed by atoms with E-state index in [2.05, 4.69) is 53.2 Å². The Balaban J connectivity index is 0.00000501. The van der Waals surface area contributed by atoms with Crippen molar-refractivity contribution in [2.45, 2.75) is 119 Å². The molecular weight excluding hydrogens is 1210 g/mol. The number of carboxylic acids is 1. The fourth-order valence-corrected chi connectivity index (χ4v) is 11.0. The lowest BCUT2D eigenvalue weighted by molar-refractivity contribution is -0.142. The van der Waals surface area contributed by atoms with Crippen molar-refractivity contribution < 1.29 is 82.1 Å². The molecule has 0 aliphatic carbocycles. The van der Waals surface area contributed by atoms with E-state index in [1.807, 2.05) is 0 Å². The summed E-state index contributed by atoms with van der Waals surface area (Å²) in [6.07, 6.45) is -1.03. The number of unbranched alkanes of at least 4 members (excludes halogenated alkanes) is 1. The summed E-state index contributed by atoms with van der Waals surface area (Å²) in [6, 6.07) is 1.52. The molecule has 14 amide bonds. The number of phenols is 1. The average molecular weight is 1290 g/mol. The zero-order valence-corrected chi connectivity index (χ0v) is 50.3. The number of phenolic OH excluding ortho intramolecular Hbond substituents is 1. The van der Waals surface area contributed by atoms with Crippen LogP contribution < -0.4 is 81.8 Å². The predicted molar refractivity (Wildman–Crippen MR) is 321 cm³/mol. The SMILES string of the molecule is CC(=O)O.NCCCC[C@H](NC(=O)[C@@H]1CCCN1C(=O)[C@@H]1CSSC[C@H](NC(=O)CNC(=O)CNC(=O)CN)C(=O)N[C@@H](Cc2ccc(O)cc2)C(=O)NC(=O)[C@H](Cc2ccccc2)N[C@@H](CCC(N)=O)C(=O)N[C@@H](CC(N)=O)C(=O)N1)C(=O)NCC(N)=O. The van der Waals surface area contributed by atoms with Crippen molar-refractivity contribution in [2.75, 3.05) is 50.8 Å². The summed E-state index contributed by atoms with van der Waals surface area (Å²) in [5.74, 6) is -14.7. The number of nitrogens with zero attached hydrogens (tertiary/aromatic N) is 1. The van der Waals surface area contributed by atoms with Crippen molar-refractivity contribution in [3.8, 4) is 5.75 Å². The van der Waals surface area contributed by atoms with Crippen LogP contribution in [0.15, 0.2) is 54.6 Å². The summed E-state index contributed by atoms with van der Waals surface area (Å²) in [5, 5.41) is 42.1. The van der Waals surface area contributed by atoms with Gasteiger partial charge in [-0.25, -0.2) is 0 Å². The number of primary amides is 3. The lowest BCUT2D eigenvalue weighted by Gasteiger charge is -2.31. The first kappa shape index (κ1) is 74.3. The van der Waals surface area contributed by atoms with Gasteiger partial charge in [0.2, 0.25) is 82.7 Å². The average Bonchev–Trinajstić information content (AvgIpc) is 4.23. The molecule has 22 N–H and O–H groups in total. The van der Waals surface area contributed by atoms with Crippen LogP contribution in [0.25, 0.3) is 0 Å².